The average Bonchev–Trinajstić information content (AvgIpc) is 3.22. The van der Waals surface area contributed by atoms with E-state index in [1.807, 2.05) is 39.2 Å². The van der Waals surface area contributed by atoms with Gasteiger partial charge < -0.3 is 20.1 Å². The van der Waals surface area contributed by atoms with Crippen LogP contribution in [0.1, 0.15) is 84.3 Å². The summed E-state index contributed by atoms with van der Waals surface area (Å²) in [6.45, 7) is 12.4. The monoisotopic (exact) mass is 550 g/mol. The predicted octanol–water partition coefficient (Wildman–Crippen LogP) is 5.32. The Hall–Kier alpha value is -2.30. The number of hydrogen-bond donors (Lipinski definition) is 3. The lowest BCUT2D eigenvalue weighted by Gasteiger charge is -2.48. The van der Waals surface area contributed by atoms with Crippen molar-refractivity contribution in [1.29, 1.82) is 0 Å². The van der Waals surface area contributed by atoms with Gasteiger partial charge in [-0.1, -0.05) is 44.8 Å². The number of ether oxygens (including phenoxy) is 1. The third kappa shape index (κ3) is 8.10. The maximum absolute atomic E-state index is 13.0. The molecule has 1 saturated heterocycles. The molecule has 38 heavy (non-hydrogen) atoms. The Labute approximate surface area is 228 Å². The van der Waals surface area contributed by atoms with Crippen molar-refractivity contribution >= 4 is 29.2 Å². The second-order valence-corrected chi connectivity index (χ2v) is 12.6. The SMILES string of the molecule is C/C(=C\c1csc(C)n1)C(N=[N+]=[N-])C1CC(C)(CCCC(C)C(O)C(C)C(=O)C(C)(C)C(O)CC(=O)O)O1. The van der Waals surface area contributed by atoms with E-state index in [1.165, 1.54) is 13.8 Å². The Balaban J connectivity index is 1.88. The summed E-state index contributed by atoms with van der Waals surface area (Å²) in [5.74, 6) is -2.46. The molecule has 1 aromatic heterocycles. The van der Waals surface area contributed by atoms with E-state index in [0.717, 1.165) is 35.5 Å². The zero-order valence-corrected chi connectivity index (χ0v) is 24.2. The van der Waals surface area contributed by atoms with Gasteiger partial charge in [-0.25, -0.2) is 4.98 Å². The number of carboxylic acids is 1. The van der Waals surface area contributed by atoms with Crippen molar-refractivity contribution in [1.82, 2.24) is 4.98 Å². The zero-order chi connectivity index (χ0) is 28.8. The Morgan fingerprint density at radius 1 is 1.39 bits per heavy atom. The van der Waals surface area contributed by atoms with Crippen LogP contribution in [0.15, 0.2) is 16.1 Å². The number of aliphatic hydroxyl groups is 2. The molecule has 7 atom stereocenters. The van der Waals surface area contributed by atoms with E-state index in [4.69, 9.17) is 15.4 Å². The van der Waals surface area contributed by atoms with Gasteiger partial charge in [0.15, 0.2) is 0 Å². The van der Waals surface area contributed by atoms with Crippen molar-refractivity contribution in [3.05, 3.63) is 32.1 Å². The molecule has 3 N–H and O–H groups in total. The molecule has 10 nitrogen and oxygen atoms in total. The first-order valence-electron chi connectivity index (χ1n) is 13.1. The molecule has 2 heterocycles. The fraction of sp³-hybridized carbons (Fsp3) is 0.741. The van der Waals surface area contributed by atoms with Crippen LogP contribution in [-0.2, 0) is 14.3 Å². The molecule has 0 aromatic carbocycles. The minimum atomic E-state index is -1.33. The first-order valence-corrected chi connectivity index (χ1v) is 13.9. The highest BCUT2D eigenvalue weighted by molar-refractivity contribution is 7.09. The number of azide groups is 1. The van der Waals surface area contributed by atoms with Crippen molar-refractivity contribution < 1.29 is 29.6 Å². The van der Waals surface area contributed by atoms with Crippen molar-refractivity contribution in [3.63, 3.8) is 0 Å². The normalized spacial score (nSPS) is 23.9. The minimum Gasteiger partial charge on any atom is -0.481 e. The zero-order valence-electron chi connectivity index (χ0n) is 23.4. The molecule has 7 unspecified atom stereocenters. The lowest BCUT2D eigenvalue weighted by atomic mass is 9.73. The standard InChI is InChI=1S/C27H42N4O6S/c1-15(24(35)17(3)25(36)26(5,6)21(32)12-22(33)34)9-8-10-27(7)13-20(37-27)23(30-31-28)16(2)11-19-14-38-18(4)29-19/h11,14-15,17,20-21,23-24,32,35H,8-10,12-13H2,1-7H3,(H,33,34)/b16-11+. The number of aromatic nitrogens is 1. The van der Waals surface area contributed by atoms with Gasteiger partial charge in [-0.3, -0.25) is 9.59 Å². The number of carboxylic acid groups (broad SMARTS) is 1. The minimum absolute atomic E-state index is 0.177. The van der Waals surface area contributed by atoms with Crippen LogP contribution in [0, 0.1) is 24.2 Å². The molecule has 0 aliphatic carbocycles. The maximum atomic E-state index is 13.0. The van der Waals surface area contributed by atoms with E-state index >= 15 is 0 Å². The van der Waals surface area contributed by atoms with Gasteiger partial charge in [-0.15, -0.1) is 11.3 Å². The molecule has 0 bridgehead atoms. The summed E-state index contributed by atoms with van der Waals surface area (Å²) in [4.78, 5) is 31.4. The number of aliphatic carboxylic acids is 1. The average molecular weight is 551 g/mol. The molecule has 0 radical (unpaired) electrons. The quantitative estimate of drug-likeness (QED) is 0.151. The van der Waals surface area contributed by atoms with E-state index in [1.54, 1.807) is 18.3 Å². The number of rotatable bonds is 15. The lowest BCUT2D eigenvalue weighted by molar-refractivity contribution is -0.203. The number of aryl methyl sites for hydroxylation is 1. The van der Waals surface area contributed by atoms with Crippen LogP contribution < -0.4 is 0 Å². The largest absolute Gasteiger partial charge is 0.481 e. The van der Waals surface area contributed by atoms with Crippen LogP contribution in [0.5, 0.6) is 0 Å². The molecule has 1 aromatic rings. The van der Waals surface area contributed by atoms with E-state index in [0.29, 0.717) is 6.42 Å². The number of thiazole rings is 1. The molecule has 1 aliphatic rings. The summed E-state index contributed by atoms with van der Waals surface area (Å²) in [6, 6.07) is -0.414. The van der Waals surface area contributed by atoms with Gasteiger partial charge in [0, 0.05) is 22.6 Å². The van der Waals surface area contributed by atoms with Gasteiger partial charge in [0.1, 0.15) is 5.78 Å². The van der Waals surface area contributed by atoms with E-state index < -0.39 is 42.0 Å². The molecule has 2 rings (SSSR count). The summed E-state index contributed by atoms with van der Waals surface area (Å²) in [5.41, 5.74) is 9.18. The van der Waals surface area contributed by atoms with Crippen LogP contribution in [0.25, 0.3) is 16.5 Å². The van der Waals surface area contributed by atoms with Crippen LogP contribution in [0.2, 0.25) is 0 Å². The van der Waals surface area contributed by atoms with Gasteiger partial charge in [-0.05, 0) is 51.1 Å². The maximum Gasteiger partial charge on any atom is 0.306 e. The van der Waals surface area contributed by atoms with E-state index in [-0.39, 0.29) is 23.4 Å². The Bertz CT molecular complexity index is 1060. The molecule has 1 fully saturated rings. The van der Waals surface area contributed by atoms with Gasteiger partial charge in [-0.2, -0.15) is 0 Å². The predicted molar refractivity (Wildman–Crippen MR) is 147 cm³/mol. The molecule has 11 heteroatoms. The van der Waals surface area contributed by atoms with Crippen molar-refractivity contribution in [2.45, 2.75) is 111 Å². The number of hydrogen-bond acceptors (Lipinski definition) is 8. The lowest BCUT2D eigenvalue weighted by Crippen LogP contribution is -2.53. The summed E-state index contributed by atoms with van der Waals surface area (Å²) < 4.78 is 6.22. The number of nitrogens with zero attached hydrogens (tertiary/aromatic N) is 4. The first kappa shape index (κ1) is 31.9. The van der Waals surface area contributed by atoms with Gasteiger partial charge in [0.2, 0.25) is 0 Å². The summed E-state index contributed by atoms with van der Waals surface area (Å²) in [7, 11) is 0. The molecular weight excluding hydrogens is 508 g/mol. The molecule has 1 aliphatic heterocycles. The molecule has 212 valence electrons. The second-order valence-electron chi connectivity index (χ2n) is 11.5. The molecule has 0 amide bonds. The summed E-state index contributed by atoms with van der Waals surface area (Å²) in [5, 5.41) is 36.9. The fourth-order valence-corrected chi connectivity index (χ4v) is 5.76. The molecular formula is C27H42N4O6S. The van der Waals surface area contributed by atoms with Gasteiger partial charge in [0.25, 0.3) is 0 Å². The van der Waals surface area contributed by atoms with E-state index in [2.05, 4.69) is 15.0 Å². The van der Waals surface area contributed by atoms with Gasteiger partial charge in [0.05, 0.1) is 52.5 Å². The topological polar surface area (TPSA) is 166 Å². The van der Waals surface area contributed by atoms with Crippen LogP contribution in [0.3, 0.4) is 0 Å². The van der Waals surface area contributed by atoms with Crippen LogP contribution in [0.4, 0.5) is 0 Å². The highest BCUT2D eigenvalue weighted by atomic mass is 32.1. The molecule has 0 saturated carbocycles. The Morgan fingerprint density at radius 3 is 2.55 bits per heavy atom. The highest BCUT2D eigenvalue weighted by Crippen LogP contribution is 2.41. The number of carbonyl (C=O) groups excluding carboxylic acids is 1. The highest BCUT2D eigenvalue weighted by Gasteiger charge is 2.45. The Kier molecular flexibility index (Phi) is 11.1. The second kappa shape index (κ2) is 13.2. The van der Waals surface area contributed by atoms with Gasteiger partial charge >= 0.3 is 5.97 Å². The molecule has 0 spiro atoms. The fourth-order valence-electron chi connectivity index (χ4n) is 5.19. The third-order valence-corrected chi connectivity index (χ3v) is 8.58. The van der Waals surface area contributed by atoms with Crippen molar-refractivity contribution in [2.75, 3.05) is 0 Å². The van der Waals surface area contributed by atoms with Crippen LogP contribution >= 0.6 is 11.3 Å². The Morgan fingerprint density at radius 2 is 2.03 bits per heavy atom. The summed E-state index contributed by atoms with van der Waals surface area (Å²) >= 11 is 1.56. The number of aliphatic hydroxyl groups excluding tert-OH is 2. The number of Topliss-reactive ketones (excluding diaryl/α,β-unsaturated/α-hetero) is 1. The van der Waals surface area contributed by atoms with Crippen molar-refractivity contribution in [3.8, 4) is 0 Å². The third-order valence-electron chi connectivity index (χ3n) is 7.79. The number of ketones is 1. The van der Waals surface area contributed by atoms with Crippen molar-refractivity contribution in [2.24, 2.45) is 22.4 Å². The summed E-state index contributed by atoms with van der Waals surface area (Å²) in [6.07, 6.45) is 1.85. The number of carbonyl (C=O) groups is 2. The van der Waals surface area contributed by atoms with E-state index in [9.17, 15) is 19.8 Å². The first-order chi connectivity index (χ1) is 17.6. The smallest absolute Gasteiger partial charge is 0.306 e. The van der Waals surface area contributed by atoms with Crippen LogP contribution in [-0.4, -0.2) is 62.0 Å².